The first kappa shape index (κ1) is 8.06. The quantitative estimate of drug-likeness (QED) is 0.619. The minimum atomic E-state index is -0.707. The molecule has 0 amide bonds. The number of carbonyl (C=O) groups is 1. The van der Waals surface area contributed by atoms with Crippen LogP contribution in [0.2, 0.25) is 0 Å². The van der Waals surface area contributed by atoms with Crippen molar-refractivity contribution in [2.75, 3.05) is 0 Å². The van der Waals surface area contributed by atoms with Crippen LogP contribution in [0.5, 0.6) is 0 Å². The first-order chi connectivity index (χ1) is 5.24. The van der Waals surface area contributed by atoms with Crippen LogP contribution in [0, 0.1) is 23.2 Å². The summed E-state index contributed by atoms with van der Waals surface area (Å²) in [5, 5.41) is 17.1. The summed E-state index contributed by atoms with van der Waals surface area (Å²) in [4.78, 5) is 10.5. The number of nitriles is 1. The van der Waals surface area contributed by atoms with Crippen LogP contribution in [0.15, 0.2) is 0 Å². The molecule has 3 heteroatoms. The van der Waals surface area contributed by atoms with Gasteiger partial charge in [0.05, 0.1) is 12.0 Å². The molecule has 1 aliphatic carbocycles. The fraction of sp³-hybridized carbons (Fsp3) is 0.750. The minimum Gasteiger partial charge on any atom is -0.481 e. The van der Waals surface area contributed by atoms with Crippen LogP contribution < -0.4 is 0 Å². The van der Waals surface area contributed by atoms with Gasteiger partial charge in [-0.1, -0.05) is 0 Å². The number of hydrogen-bond acceptors (Lipinski definition) is 2. The van der Waals surface area contributed by atoms with Crippen molar-refractivity contribution in [3.8, 4) is 6.07 Å². The molecule has 0 radical (unpaired) electrons. The van der Waals surface area contributed by atoms with E-state index in [2.05, 4.69) is 6.07 Å². The SMILES string of the molecule is N#C[C@H]1CC[C@@H](C(=O)O)CC1. The van der Waals surface area contributed by atoms with E-state index in [0.29, 0.717) is 12.8 Å². The van der Waals surface area contributed by atoms with Crippen molar-refractivity contribution in [1.29, 1.82) is 5.26 Å². The lowest BCUT2D eigenvalue weighted by atomic mass is 9.83. The third-order valence-corrected chi connectivity index (χ3v) is 2.26. The van der Waals surface area contributed by atoms with Gasteiger partial charge in [0, 0.05) is 5.92 Å². The van der Waals surface area contributed by atoms with Crippen molar-refractivity contribution in [3.63, 3.8) is 0 Å². The Hall–Kier alpha value is -1.04. The molecule has 0 heterocycles. The number of carboxylic acids is 1. The van der Waals surface area contributed by atoms with Crippen LogP contribution in [-0.2, 0) is 4.79 Å². The van der Waals surface area contributed by atoms with Crippen molar-refractivity contribution in [2.24, 2.45) is 11.8 Å². The highest BCUT2D eigenvalue weighted by molar-refractivity contribution is 5.70. The Balaban J connectivity index is 2.37. The summed E-state index contributed by atoms with van der Waals surface area (Å²) < 4.78 is 0. The fourth-order valence-electron chi connectivity index (χ4n) is 1.47. The molecule has 0 aromatic rings. The van der Waals surface area contributed by atoms with Crippen molar-refractivity contribution >= 4 is 5.97 Å². The van der Waals surface area contributed by atoms with Crippen molar-refractivity contribution < 1.29 is 9.90 Å². The number of aliphatic carboxylic acids is 1. The Morgan fingerprint density at radius 1 is 1.36 bits per heavy atom. The zero-order valence-electron chi connectivity index (χ0n) is 6.29. The molecule has 0 bridgehead atoms. The van der Waals surface area contributed by atoms with Gasteiger partial charge in [-0.15, -0.1) is 0 Å². The minimum absolute atomic E-state index is 0.102. The average Bonchev–Trinajstić information content (AvgIpc) is 2.05. The van der Waals surface area contributed by atoms with E-state index in [9.17, 15) is 4.79 Å². The zero-order valence-corrected chi connectivity index (χ0v) is 6.29. The van der Waals surface area contributed by atoms with E-state index in [0.717, 1.165) is 12.8 Å². The van der Waals surface area contributed by atoms with Gasteiger partial charge in [-0.05, 0) is 25.7 Å². The van der Waals surface area contributed by atoms with Crippen LogP contribution in [0.1, 0.15) is 25.7 Å². The van der Waals surface area contributed by atoms with Crippen LogP contribution in [0.25, 0.3) is 0 Å². The molecule has 0 saturated heterocycles. The molecule has 0 atom stereocenters. The molecular weight excluding hydrogens is 142 g/mol. The van der Waals surface area contributed by atoms with Gasteiger partial charge in [0.2, 0.25) is 0 Å². The topological polar surface area (TPSA) is 61.1 Å². The molecule has 1 N–H and O–H groups in total. The summed E-state index contributed by atoms with van der Waals surface area (Å²) in [6.45, 7) is 0. The predicted octanol–water partition coefficient (Wildman–Crippen LogP) is 1.40. The molecule has 0 unspecified atom stereocenters. The van der Waals surface area contributed by atoms with Gasteiger partial charge >= 0.3 is 5.97 Å². The Morgan fingerprint density at radius 3 is 2.27 bits per heavy atom. The van der Waals surface area contributed by atoms with Crippen molar-refractivity contribution in [2.45, 2.75) is 25.7 Å². The lowest BCUT2D eigenvalue weighted by Crippen LogP contribution is -2.20. The lowest BCUT2D eigenvalue weighted by molar-refractivity contribution is -0.142. The highest BCUT2D eigenvalue weighted by Crippen LogP contribution is 2.27. The molecular formula is C8H11NO2. The second kappa shape index (κ2) is 3.38. The van der Waals surface area contributed by atoms with Gasteiger partial charge in [0.25, 0.3) is 0 Å². The normalized spacial score (nSPS) is 30.8. The van der Waals surface area contributed by atoms with Crippen LogP contribution in [-0.4, -0.2) is 11.1 Å². The summed E-state index contributed by atoms with van der Waals surface area (Å²) in [6, 6.07) is 2.17. The average molecular weight is 153 g/mol. The summed E-state index contributed by atoms with van der Waals surface area (Å²) in [6.07, 6.45) is 2.86. The first-order valence-electron chi connectivity index (χ1n) is 3.86. The molecule has 1 rings (SSSR count). The van der Waals surface area contributed by atoms with E-state index in [1.807, 2.05) is 0 Å². The van der Waals surface area contributed by atoms with Gasteiger partial charge in [-0.3, -0.25) is 4.79 Å². The number of nitrogens with zero attached hydrogens (tertiary/aromatic N) is 1. The number of carboxylic acid groups (broad SMARTS) is 1. The van der Waals surface area contributed by atoms with E-state index in [1.165, 1.54) is 0 Å². The first-order valence-corrected chi connectivity index (χ1v) is 3.86. The molecule has 1 saturated carbocycles. The van der Waals surface area contributed by atoms with Gasteiger partial charge in [0.15, 0.2) is 0 Å². The molecule has 60 valence electrons. The predicted molar refractivity (Wildman–Crippen MR) is 38.7 cm³/mol. The maximum atomic E-state index is 10.5. The number of rotatable bonds is 1. The highest BCUT2D eigenvalue weighted by atomic mass is 16.4. The van der Waals surface area contributed by atoms with Crippen LogP contribution in [0.3, 0.4) is 0 Å². The lowest BCUT2D eigenvalue weighted by Gasteiger charge is -2.20. The van der Waals surface area contributed by atoms with E-state index in [4.69, 9.17) is 10.4 Å². The highest BCUT2D eigenvalue weighted by Gasteiger charge is 2.25. The van der Waals surface area contributed by atoms with Gasteiger partial charge in [0.1, 0.15) is 0 Å². The number of hydrogen-bond donors (Lipinski definition) is 1. The summed E-state index contributed by atoms with van der Waals surface area (Å²) in [5.74, 6) is -0.799. The third-order valence-electron chi connectivity index (χ3n) is 2.26. The summed E-state index contributed by atoms with van der Waals surface area (Å²) in [7, 11) is 0. The van der Waals surface area contributed by atoms with E-state index >= 15 is 0 Å². The Morgan fingerprint density at radius 2 is 1.91 bits per heavy atom. The largest absolute Gasteiger partial charge is 0.481 e. The molecule has 0 spiro atoms. The fourth-order valence-corrected chi connectivity index (χ4v) is 1.47. The second-order valence-corrected chi connectivity index (χ2v) is 3.02. The molecule has 1 fully saturated rings. The third kappa shape index (κ3) is 1.94. The Kier molecular flexibility index (Phi) is 2.48. The Labute approximate surface area is 65.6 Å². The molecule has 0 aromatic heterocycles. The zero-order chi connectivity index (χ0) is 8.27. The van der Waals surface area contributed by atoms with Crippen molar-refractivity contribution in [1.82, 2.24) is 0 Å². The van der Waals surface area contributed by atoms with E-state index < -0.39 is 5.97 Å². The van der Waals surface area contributed by atoms with Gasteiger partial charge < -0.3 is 5.11 Å². The summed E-state index contributed by atoms with van der Waals surface area (Å²) >= 11 is 0. The molecule has 0 aliphatic heterocycles. The van der Waals surface area contributed by atoms with Crippen molar-refractivity contribution in [3.05, 3.63) is 0 Å². The second-order valence-electron chi connectivity index (χ2n) is 3.02. The molecule has 0 aromatic carbocycles. The molecule has 1 aliphatic rings. The smallest absolute Gasteiger partial charge is 0.306 e. The Bertz CT molecular complexity index is 187. The van der Waals surface area contributed by atoms with Gasteiger partial charge in [-0.25, -0.2) is 0 Å². The van der Waals surface area contributed by atoms with Crippen LogP contribution >= 0.6 is 0 Å². The monoisotopic (exact) mass is 153 g/mol. The van der Waals surface area contributed by atoms with Gasteiger partial charge in [-0.2, -0.15) is 5.26 Å². The standard InChI is InChI=1S/C8H11NO2/c9-5-6-1-3-7(4-2-6)8(10)11/h6-7H,1-4H2,(H,10,11)/t6-,7+. The molecule has 11 heavy (non-hydrogen) atoms. The summed E-state index contributed by atoms with van der Waals surface area (Å²) in [5.41, 5.74) is 0. The maximum absolute atomic E-state index is 10.5. The van der Waals surface area contributed by atoms with E-state index in [1.54, 1.807) is 0 Å². The molecule has 3 nitrogen and oxygen atoms in total. The maximum Gasteiger partial charge on any atom is 0.306 e. The van der Waals surface area contributed by atoms with Crippen LogP contribution in [0.4, 0.5) is 0 Å². The van der Waals surface area contributed by atoms with E-state index in [-0.39, 0.29) is 11.8 Å².